The fraction of sp³-hybridized carbons (Fsp3) is 0.643. The van der Waals surface area contributed by atoms with Crippen LogP contribution in [0.3, 0.4) is 0 Å². The quantitative estimate of drug-likeness (QED) is 0.377. The second-order valence-corrected chi connectivity index (χ2v) is 13.3. The van der Waals surface area contributed by atoms with E-state index < -0.39 is 17.3 Å². The van der Waals surface area contributed by atoms with Gasteiger partial charge in [0.15, 0.2) is 0 Å². The molecule has 43 heavy (non-hydrogen) atoms. The molecule has 15 heteroatoms. The number of carbonyl (C=O) groups is 2. The Hall–Kier alpha value is -2.67. The highest BCUT2D eigenvalue weighted by molar-refractivity contribution is 6.33. The highest BCUT2D eigenvalue weighted by Gasteiger charge is 2.36. The van der Waals surface area contributed by atoms with E-state index >= 15 is 0 Å². The highest BCUT2D eigenvalue weighted by atomic mass is 35.5. The molecule has 2 saturated heterocycles. The summed E-state index contributed by atoms with van der Waals surface area (Å²) in [5.74, 6) is 0.415. The smallest absolute Gasteiger partial charge is 0.410 e. The van der Waals surface area contributed by atoms with Crippen LogP contribution in [-0.4, -0.2) is 95.6 Å². The van der Waals surface area contributed by atoms with Crippen molar-refractivity contribution < 1.29 is 28.9 Å². The lowest BCUT2D eigenvalue weighted by Crippen LogP contribution is -2.39. The van der Waals surface area contributed by atoms with E-state index in [2.05, 4.69) is 19.9 Å². The number of likely N-dealkylation sites (tertiary alicyclic amines) is 2. The number of aromatic nitrogens is 4. The summed E-state index contributed by atoms with van der Waals surface area (Å²) in [6.45, 7) is 15.8. The molecule has 0 aliphatic carbocycles. The molecule has 12 nitrogen and oxygen atoms in total. The fourth-order valence-corrected chi connectivity index (χ4v) is 4.57. The zero-order valence-electron chi connectivity index (χ0n) is 25.8. The van der Waals surface area contributed by atoms with Gasteiger partial charge < -0.3 is 29.1 Å². The third kappa shape index (κ3) is 13.7. The molecule has 2 amide bonds. The number of nitrogens with zero attached hydrogens (tertiary/aromatic N) is 6. The van der Waals surface area contributed by atoms with Crippen molar-refractivity contribution in [1.82, 2.24) is 29.7 Å². The van der Waals surface area contributed by atoms with Gasteiger partial charge in [0.2, 0.25) is 5.88 Å². The lowest BCUT2D eigenvalue weighted by atomic mass is 10.2. The van der Waals surface area contributed by atoms with Gasteiger partial charge in [0, 0.05) is 30.6 Å². The highest BCUT2D eigenvalue weighted by Crippen LogP contribution is 2.25. The summed E-state index contributed by atoms with van der Waals surface area (Å²) >= 11 is 16.6. The van der Waals surface area contributed by atoms with Gasteiger partial charge in [0.25, 0.3) is 0 Å². The maximum Gasteiger partial charge on any atom is 0.410 e. The van der Waals surface area contributed by atoms with Crippen molar-refractivity contribution in [3.05, 3.63) is 40.2 Å². The van der Waals surface area contributed by atoms with E-state index in [1.807, 2.05) is 55.4 Å². The summed E-state index contributed by atoms with van der Waals surface area (Å²) < 4.78 is 16.4. The van der Waals surface area contributed by atoms with Crippen LogP contribution < -0.4 is 4.74 Å². The van der Waals surface area contributed by atoms with Gasteiger partial charge in [0.05, 0.1) is 19.2 Å². The number of ether oxygens (including phenoxy) is 3. The minimum atomic E-state index is -0.504. The number of hydrogen-bond donors (Lipinski definition) is 1. The Morgan fingerprint density at radius 1 is 0.767 bits per heavy atom. The first kappa shape index (κ1) is 36.5. The van der Waals surface area contributed by atoms with Crippen molar-refractivity contribution in [3.8, 4) is 5.88 Å². The van der Waals surface area contributed by atoms with Crippen LogP contribution in [0.2, 0.25) is 15.5 Å². The first-order valence-corrected chi connectivity index (χ1v) is 14.9. The van der Waals surface area contributed by atoms with Gasteiger partial charge >= 0.3 is 12.2 Å². The van der Waals surface area contributed by atoms with Crippen molar-refractivity contribution in [2.75, 3.05) is 13.1 Å². The summed E-state index contributed by atoms with van der Waals surface area (Å²) in [4.78, 5) is 42.0. The van der Waals surface area contributed by atoms with E-state index in [0.29, 0.717) is 40.8 Å². The second-order valence-electron chi connectivity index (χ2n) is 12.2. The first-order valence-electron chi connectivity index (χ1n) is 13.8. The monoisotopic (exact) mass is 662 g/mol. The Morgan fingerprint density at radius 3 is 1.60 bits per heavy atom. The van der Waals surface area contributed by atoms with Crippen LogP contribution in [0.5, 0.6) is 5.88 Å². The maximum absolute atomic E-state index is 12.1. The summed E-state index contributed by atoms with van der Waals surface area (Å²) in [6.07, 6.45) is 2.84. The third-order valence-electron chi connectivity index (χ3n) is 5.84. The average molecular weight is 664 g/mol. The third-order valence-corrected chi connectivity index (χ3v) is 6.46. The van der Waals surface area contributed by atoms with Gasteiger partial charge in [0.1, 0.15) is 45.4 Å². The zero-order valence-corrected chi connectivity index (χ0v) is 28.0. The van der Waals surface area contributed by atoms with Crippen LogP contribution in [0.4, 0.5) is 9.59 Å². The SMILES string of the molecule is C[C@H]1C[C@@H](O)CN1C(=O)OC(C)(C)C.C[C@H]1C[C@@H](Oc2cc(Cl)ncn2)CN1C(=O)OC(C)(C)C.Clc1cc(Cl)ncn1. The minimum Gasteiger partial charge on any atom is -0.472 e. The number of rotatable bonds is 2. The number of aliphatic hydroxyl groups is 1. The van der Waals surface area contributed by atoms with Gasteiger partial charge in [-0.05, 0) is 61.8 Å². The van der Waals surface area contributed by atoms with E-state index in [1.54, 1.807) is 15.9 Å². The summed E-state index contributed by atoms with van der Waals surface area (Å²) in [6, 6.07) is 3.16. The lowest BCUT2D eigenvalue weighted by Gasteiger charge is -2.26. The van der Waals surface area contributed by atoms with Crippen molar-refractivity contribution in [2.24, 2.45) is 0 Å². The van der Waals surface area contributed by atoms with Crippen LogP contribution in [0.25, 0.3) is 0 Å². The summed E-state index contributed by atoms with van der Waals surface area (Å²) in [7, 11) is 0. The van der Waals surface area contributed by atoms with Crippen molar-refractivity contribution in [3.63, 3.8) is 0 Å². The number of amides is 2. The molecule has 0 unspecified atom stereocenters. The topological polar surface area (TPSA) is 140 Å². The van der Waals surface area contributed by atoms with E-state index in [9.17, 15) is 14.7 Å². The summed E-state index contributed by atoms with van der Waals surface area (Å²) in [5, 5.41) is 10.4. The standard InChI is InChI=1S/C14H20ClN3O3.C10H19NO3.C4H2Cl2N2/c1-9-5-10(20-12-6-11(15)16-8-17-12)7-18(9)13(19)21-14(2,3)4;1-7-5-8(12)6-11(7)9(13)14-10(2,3)4;5-3-1-4(6)8-2-7-3/h6,8-10H,5,7H2,1-4H3;7-8,12H,5-6H2,1-4H3;1-2H/t9-,10+;7-,8+;/m00./s1. The molecule has 2 aromatic heterocycles. The number of hydrogen-bond acceptors (Lipinski definition) is 10. The molecule has 0 radical (unpaired) electrons. The minimum absolute atomic E-state index is 0.0576. The van der Waals surface area contributed by atoms with Crippen LogP contribution in [0, 0.1) is 0 Å². The van der Waals surface area contributed by atoms with Gasteiger partial charge in [-0.3, -0.25) is 0 Å². The molecular formula is C28H41Cl3N6O6. The normalized spacial score (nSPS) is 21.7. The molecular weight excluding hydrogens is 623 g/mol. The molecule has 1 N–H and O–H groups in total. The molecule has 2 aliphatic rings. The number of aliphatic hydroxyl groups excluding tert-OH is 1. The molecule has 0 aromatic carbocycles. The Bertz CT molecular complexity index is 1190. The van der Waals surface area contributed by atoms with E-state index in [1.165, 1.54) is 18.7 Å². The first-order chi connectivity index (χ1) is 19.8. The number of β-amino-alcohol motifs (C(OH)–C–C–N with tert-alkyl or cyclic N) is 1. The van der Waals surface area contributed by atoms with Crippen LogP contribution in [-0.2, 0) is 9.47 Å². The van der Waals surface area contributed by atoms with Crippen LogP contribution in [0.1, 0.15) is 68.2 Å². The Kier molecular flexibility index (Phi) is 13.5. The van der Waals surface area contributed by atoms with E-state index in [4.69, 9.17) is 49.0 Å². The van der Waals surface area contributed by atoms with E-state index in [0.717, 1.165) is 6.42 Å². The Labute approximate surface area is 268 Å². The predicted octanol–water partition coefficient (Wildman–Crippen LogP) is 6.07. The molecule has 2 aliphatic heterocycles. The molecule has 240 valence electrons. The summed E-state index contributed by atoms with van der Waals surface area (Å²) in [5.41, 5.74) is -0.972. The fourth-order valence-electron chi connectivity index (χ4n) is 4.08. The molecule has 4 heterocycles. The molecule has 0 bridgehead atoms. The Morgan fingerprint density at radius 2 is 1.21 bits per heavy atom. The maximum atomic E-state index is 12.1. The largest absolute Gasteiger partial charge is 0.472 e. The van der Waals surface area contributed by atoms with Crippen molar-refractivity contribution >= 4 is 47.0 Å². The Balaban J connectivity index is 0.000000251. The van der Waals surface area contributed by atoms with Gasteiger partial charge in [-0.2, -0.15) is 0 Å². The predicted molar refractivity (Wildman–Crippen MR) is 164 cm³/mol. The molecule has 4 rings (SSSR count). The van der Waals surface area contributed by atoms with Crippen LogP contribution in [0.15, 0.2) is 24.8 Å². The number of halogens is 3. The average Bonchev–Trinajstić information content (AvgIpc) is 3.38. The van der Waals surface area contributed by atoms with Gasteiger partial charge in [-0.1, -0.05) is 34.8 Å². The number of carbonyl (C=O) groups excluding carboxylic acids is 2. The van der Waals surface area contributed by atoms with Crippen LogP contribution >= 0.6 is 34.8 Å². The van der Waals surface area contributed by atoms with Gasteiger partial charge in [-0.15, -0.1) is 0 Å². The lowest BCUT2D eigenvalue weighted by molar-refractivity contribution is 0.0211. The molecule has 0 saturated carbocycles. The van der Waals surface area contributed by atoms with Crippen molar-refractivity contribution in [1.29, 1.82) is 0 Å². The second kappa shape index (κ2) is 15.9. The molecule has 4 atom stereocenters. The molecule has 0 spiro atoms. The van der Waals surface area contributed by atoms with E-state index in [-0.39, 0.29) is 30.4 Å². The molecule has 2 aromatic rings. The van der Waals surface area contributed by atoms with Crippen molar-refractivity contribution in [2.45, 2.75) is 104 Å². The zero-order chi connectivity index (χ0) is 32.5. The van der Waals surface area contributed by atoms with Gasteiger partial charge in [-0.25, -0.2) is 29.5 Å². The molecule has 2 fully saturated rings.